The fraction of sp³-hybridized carbons (Fsp3) is 0.722. The number of hydrogen-bond acceptors (Lipinski definition) is 5. The third kappa shape index (κ3) is 5.53. The summed E-state index contributed by atoms with van der Waals surface area (Å²) in [5.41, 5.74) is 3.37. The molecule has 1 aliphatic heterocycles. The Balaban J connectivity index is 2.06. The van der Waals surface area contributed by atoms with E-state index in [1.165, 1.54) is 0 Å². The highest BCUT2D eigenvalue weighted by Gasteiger charge is 2.19. The Hall–Kier alpha value is -1.01. The molecular formula is C18H30N2O3. The van der Waals surface area contributed by atoms with Crippen molar-refractivity contribution in [3.63, 3.8) is 0 Å². The maximum absolute atomic E-state index is 6.03. The second kappa shape index (κ2) is 8.73. The molecule has 2 rings (SSSR count). The lowest BCUT2D eigenvalue weighted by atomic mass is 10.0. The minimum Gasteiger partial charge on any atom is -0.376 e. The van der Waals surface area contributed by atoms with Crippen molar-refractivity contribution in [1.82, 2.24) is 9.88 Å². The summed E-state index contributed by atoms with van der Waals surface area (Å²) in [6.07, 6.45) is 0.0237. The van der Waals surface area contributed by atoms with E-state index in [1.807, 2.05) is 0 Å². The average molecular weight is 322 g/mol. The van der Waals surface area contributed by atoms with E-state index in [-0.39, 0.29) is 12.2 Å². The molecular weight excluding hydrogens is 292 g/mol. The van der Waals surface area contributed by atoms with Gasteiger partial charge in [0.1, 0.15) is 6.10 Å². The van der Waals surface area contributed by atoms with Gasteiger partial charge >= 0.3 is 0 Å². The number of nitrogens with zero attached hydrogens (tertiary/aromatic N) is 2. The summed E-state index contributed by atoms with van der Waals surface area (Å²) < 4.78 is 17.1. The molecule has 0 spiro atoms. The SMILES string of the molecule is CC(C)c1ccc([C@H](C)OC[C@@H]2COCCO2)c(CN(C)C)n1. The van der Waals surface area contributed by atoms with Gasteiger partial charge in [-0.2, -0.15) is 0 Å². The fourth-order valence-electron chi connectivity index (χ4n) is 2.62. The first kappa shape index (κ1) is 18.3. The summed E-state index contributed by atoms with van der Waals surface area (Å²) >= 11 is 0. The van der Waals surface area contributed by atoms with E-state index in [9.17, 15) is 0 Å². The largest absolute Gasteiger partial charge is 0.376 e. The van der Waals surface area contributed by atoms with Crippen LogP contribution in [0, 0.1) is 0 Å². The van der Waals surface area contributed by atoms with Crippen LogP contribution in [0.2, 0.25) is 0 Å². The van der Waals surface area contributed by atoms with Crippen LogP contribution in [-0.2, 0) is 20.8 Å². The van der Waals surface area contributed by atoms with Gasteiger partial charge in [0.05, 0.1) is 38.2 Å². The van der Waals surface area contributed by atoms with E-state index in [2.05, 4.69) is 51.9 Å². The van der Waals surface area contributed by atoms with Crippen molar-refractivity contribution in [3.05, 3.63) is 29.1 Å². The van der Waals surface area contributed by atoms with Crippen molar-refractivity contribution in [2.24, 2.45) is 0 Å². The van der Waals surface area contributed by atoms with Gasteiger partial charge in [-0.1, -0.05) is 19.9 Å². The minimum atomic E-state index is -0.0100. The Kier molecular flexibility index (Phi) is 6.96. The van der Waals surface area contributed by atoms with Crippen molar-refractivity contribution < 1.29 is 14.2 Å². The fourth-order valence-corrected chi connectivity index (χ4v) is 2.62. The molecule has 2 atom stereocenters. The van der Waals surface area contributed by atoms with Crippen LogP contribution in [0.1, 0.15) is 49.7 Å². The predicted molar refractivity (Wildman–Crippen MR) is 90.6 cm³/mol. The van der Waals surface area contributed by atoms with E-state index >= 15 is 0 Å². The van der Waals surface area contributed by atoms with Crippen LogP contribution in [0.15, 0.2) is 12.1 Å². The molecule has 0 N–H and O–H groups in total. The Morgan fingerprint density at radius 3 is 2.65 bits per heavy atom. The van der Waals surface area contributed by atoms with Gasteiger partial charge in [-0.3, -0.25) is 4.98 Å². The number of rotatable bonds is 7. The molecule has 0 radical (unpaired) electrons. The first-order valence-corrected chi connectivity index (χ1v) is 8.42. The molecule has 0 unspecified atom stereocenters. The molecule has 23 heavy (non-hydrogen) atoms. The molecule has 0 bridgehead atoms. The normalized spacial score (nSPS) is 20.2. The molecule has 1 aliphatic rings. The molecule has 130 valence electrons. The van der Waals surface area contributed by atoms with Gasteiger partial charge in [-0.25, -0.2) is 0 Å². The highest BCUT2D eigenvalue weighted by atomic mass is 16.6. The zero-order valence-corrected chi connectivity index (χ0v) is 15.0. The zero-order chi connectivity index (χ0) is 16.8. The van der Waals surface area contributed by atoms with Crippen LogP contribution >= 0.6 is 0 Å². The number of pyridine rings is 1. The van der Waals surface area contributed by atoms with Gasteiger partial charge in [0.2, 0.25) is 0 Å². The summed E-state index contributed by atoms with van der Waals surface area (Å²) in [6.45, 7) is 9.72. The molecule has 1 aromatic heterocycles. The van der Waals surface area contributed by atoms with Crippen molar-refractivity contribution >= 4 is 0 Å². The summed E-state index contributed by atoms with van der Waals surface area (Å²) in [7, 11) is 4.12. The van der Waals surface area contributed by atoms with Gasteiger partial charge < -0.3 is 19.1 Å². The van der Waals surface area contributed by atoms with Crippen molar-refractivity contribution in [2.45, 2.75) is 45.4 Å². The van der Waals surface area contributed by atoms with Crippen LogP contribution in [0.4, 0.5) is 0 Å². The van der Waals surface area contributed by atoms with E-state index in [0.717, 1.165) is 23.5 Å². The van der Waals surface area contributed by atoms with E-state index in [0.29, 0.717) is 32.3 Å². The number of hydrogen-bond donors (Lipinski definition) is 0. The molecule has 0 saturated carbocycles. The summed E-state index contributed by atoms with van der Waals surface area (Å²) in [6, 6.07) is 4.27. The van der Waals surface area contributed by atoms with Crippen LogP contribution in [-0.4, -0.2) is 56.5 Å². The maximum atomic E-state index is 6.03. The topological polar surface area (TPSA) is 43.8 Å². The number of ether oxygens (including phenoxy) is 3. The zero-order valence-electron chi connectivity index (χ0n) is 15.0. The highest BCUT2D eigenvalue weighted by Crippen LogP contribution is 2.24. The molecule has 5 nitrogen and oxygen atoms in total. The van der Waals surface area contributed by atoms with Crippen molar-refractivity contribution in [3.8, 4) is 0 Å². The quantitative estimate of drug-likeness (QED) is 0.772. The van der Waals surface area contributed by atoms with Crippen LogP contribution in [0.25, 0.3) is 0 Å². The Morgan fingerprint density at radius 2 is 2.04 bits per heavy atom. The molecule has 1 aromatic rings. The molecule has 0 aliphatic carbocycles. The molecule has 0 amide bonds. The van der Waals surface area contributed by atoms with E-state index < -0.39 is 0 Å². The second-order valence-electron chi connectivity index (χ2n) is 6.71. The van der Waals surface area contributed by atoms with Gasteiger partial charge in [-0.05, 0) is 33.0 Å². The molecule has 0 aromatic carbocycles. The van der Waals surface area contributed by atoms with Crippen LogP contribution in [0.3, 0.4) is 0 Å². The van der Waals surface area contributed by atoms with E-state index in [1.54, 1.807) is 0 Å². The van der Waals surface area contributed by atoms with Crippen molar-refractivity contribution in [2.75, 3.05) is 40.5 Å². The summed E-state index contributed by atoms with van der Waals surface area (Å²) in [5.74, 6) is 0.425. The second-order valence-corrected chi connectivity index (χ2v) is 6.71. The van der Waals surface area contributed by atoms with Crippen molar-refractivity contribution in [1.29, 1.82) is 0 Å². The molecule has 1 fully saturated rings. The smallest absolute Gasteiger partial charge is 0.104 e. The van der Waals surface area contributed by atoms with Crippen LogP contribution in [0.5, 0.6) is 0 Å². The Morgan fingerprint density at radius 1 is 1.26 bits per heavy atom. The third-order valence-electron chi connectivity index (χ3n) is 3.94. The van der Waals surface area contributed by atoms with E-state index in [4.69, 9.17) is 19.2 Å². The first-order valence-electron chi connectivity index (χ1n) is 8.42. The monoisotopic (exact) mass is 322 g/mol. The summed E-state index contributed by atoms with van der Waals surface area (Å²) in [5, 5.41) is 0. The lowest BCUT2D eigenvalue weighted by Gasteiger charge is -2.25. The lowest BCUT2D eigenvalue weighted by Crippen LogP contribution is -2.32. The molecule has 2 heterocycles. The first-order chi connectivity index (χ1) is 11.0. The van der Waals surface area contributed by atoms with Gasteiger partial charge in [0.25, 0.3) is 0 Å². The highest BCUT2D eigenvalue weighted by molar-refractivity contribution is 5.26. The third-order valence-corrected chi connectivity index (χ3v) is 3.94. The van der Waals surface area contributed by atoms with Gasteiger partial charge in [0.15, 0.2) is 0 Å². The maximum Gasteiger partial charge on any atom is 0.104 e. The van der Waals surface area contributed by atoms with Crippen LogP contribution < -0.4 is 0 Å². The standard InChI is InChI=1S/C18H30N2O3/c1-13(2)17-7-6-16(18(19-17)10-20(4)5)14(3)23-12-15-11-21-8-9-22-15/h6-7,13-15H,8-12H2,1-5H3/t14-,15-/m0/s1. The Bertz CT molecular complexity index is 485. The molecule has 1 saturated heterocycles. The summed E-state index contributed by atoms with van der Waals surface area (Å²) in [4.78, 5) is 6.99. The Labute approximate surface area is 139 Å². The number of aromatic nitrogens is 1. The molecule has 5 heteroatoms. The van der Waals surface area contributed by atoms with Gasteiger partial charge in [-0.15, -0.1) is 0 Å². The van der Waals surface area contributed by atoms with Gasteiger partial charge in [0, 0.05) is 17.8 Å². The lowest BCUT2D eigenvalue weighted by molar-refractivity contribution is -0.123. The predicted octanol–water partition coefficient (Wildman–Crippen LogP) is 2.76. The average Bonchev–Trinajstić information content (AvgIpc) is 2.53. The minimum absolute atomic E-state index is 0.0100.